The third kappa shape index (κ3) is 3.79. The van der Waals surface area contributed by atoms with Crippen molar-refractivity contribution in [2.24, 2.45) is 5.92 Å². The quantitative estimate of drug-likeness (QED) is 0.834. The minimum absolute atomic E-state index is 0.0155. The van der Waals surface area contributed by atoms with E-state index in [4.69, 9.17) is 5.26 Å². The lowest BCUT2D eigenvalue weighted by Gasteiger charge is -2.45. The van der Waals surface area contributed by atoms with E-state index >= 15 is 0 Å². The molecular formula is C22H25N5O2. The van der Waals surface area contributed by atoms with E-state index in [2.05, 4.69) is 35.5 Å². The first-order valence-electron chi connectivity index (χ1n) is 9.69. The van der Waals surface area contributed by atoms with E-state index in [0.717, 1.165) is 17.7 Å². The zero-order chi connectivity index (χ0) is 21.1. The molecule has 3 rings (SSSR count). The number of nitrogens with zero attached hydrogens (tertiary/aromatic N) is 3. The third-order valence-electron chi connectivity index (χ3n) is 5.53. The number of nitriles is 1. The Labute approximate surface area is 170 Å². The van der Waals surface area contributed by atoms with Crippen molar-refractivity contribution < 1.29 is 9.59 Å². The number of carbonyl (C=O) groups is 2. The SMILES string of the molecule is CC[C@H]1[C@H](C)C(Nc2ccc(C#N)cn2)c2cc(C(=O)NC)ccc2N1C(C)=O. The van der Waals surface area contributed by atoms with Crippen molar-refractivity contribution in [3.05, 3.63) is 53.2 Å². The van der Waals surface area contributed by atoms with E-state index in [0.29, 0.717) is 16.9 Å². The predicted molar refractivity (Wildman–Crippen MR) is 112 cm³/mol. The molecule has 0 radical (unpaired) electrons. The fraction of sp³-hybridized carbons (Fsp3) is 0.364. The van der Waals surface area contributed by atoms with Crippen LogP contribution in [0.3, 0.4) is 0 Å². The van der Waals surface area contributed by atoms with Crippen molar-refractivity contribution in [1.82, 2.24) is 10.3 Å². The van der Waals surface area contributed by atoms with Gasteiger partial charge in [0.25, 0.3) is 5.91 Å². The van der Waals surface area contributed by atoms with Gasteiger partial charge < -0.3 is 15.5 Å². The van der Waals surface area contributed by atoms with E-state index in [9.17, 15) is 9.59 Å². The van der Waals surface area contributed by atoms with Crippen LogP contribution in [0.5, 0.6) is 0 Å². The molecule has 0 fully saturated rings. The van der Waals surface area contributed by atoms with Gasteiger partial charge in [0, 0.05) is 43.4 Å². The van der Waals surface area contributed by atoms with E-state index in [-0.39, 0.29) is 29.8 Å². The Kier molecular flexibility index (Phi) is 5.83. The Balaban J connectivity index is 2.10. The molecule has 3 atom stereocenters. The molecule has 29 heavy (non-hydrogen) atoms. The average Bonchev–Trinajstić information content (AvgIpc) is 2.74. The van der Waals surface area contributed by atoms with E-state index in [1.165, 1.54) is 6.20 Å². The van der Waals surface area contributed by atoms with Crippen LogP contribution >= 0.6 is 0 Å². The Morgan fingerprint density at radius 2 is 2.03 bits per heavy atom. The van der Waals surface area contributed by atoms with Gasteiger partial charge in [-0.3, -0.25) is 9.59 Å². The maximum Gasteiger partial charge on any atom is 0.251 e. The zero-order valence-electron chi connectivity index (χ0n) is 17.1. The van der Waals surface area contributed by atoms with Crippen LogP contribution in [0.25, 0.3) is 0 Å². The predicted octanol–water partition coefficient (Wildman–Crippen LogP) is 3.25. The van der Waals surface area contributed by atoms with Gasteiger partial charge in [-0.2, -0.15) is 5.26 Å². The Bertz CT molecular complexity index is 964. The summed E-state index contributed by atoms with van der Waals surface area (Å²) in [6.07, 6.45) is 2.33. The summed E-state index contributed by atoms with van der Waals surface area (Å²) in [5, 5.41) is 15.1. The van der Waals surface area contributed by atoms with Gasteiger partial charge in [-0.05, 0) is 42.3 Å². The number of rotatable bonds is 4. The third-order valence-corrected chi connectivity index (χ3v) is 5.53. The fourth-order valence-corrected chi connectivity index (χ4v) is 4.10. The van der Waals surface area contributed by atoms with Crippen molar-refractivity contribution in [3.8, 4) is 6.07 Å². The molecule has 0 spiro atoms. The zero-order valence-corrected chi connectivity index (χ0v) is 17.1. The molecule has 7 nitrogen and oxygen atoms in total. The smallest absolute Gasteiger partial charge is 0.251 e. The monoisotopic (exact) mass is 391 g/mol. The second-order valence-corrected chi connectivity index (χ2v) is 7.24. The molecule has 0 saturated heterocycles. The van der Waals surface area contributed by atoms with Gasteiger partial charge in [0.15, 0.2) is 0 Å². The van der Waals surface area contributed by atoms with Gasteiger partial charge in [0.05, 0.1) is 11.6 Å². The molecule has 7 heteroatoms. The molecular weight excluding hydrogens is 366 g/mol. The minimum atomic E-state index is -0.178. The van der Waals surface area contributed by atoms with Crippen molar-refractivity contribution in [2.75, 3.05) is 17.3 Å². The standard InChI is InChI=1S/C22H25N5O2/c1-5-18-13(2)21(26-20-9-6-15(11-23)12-25-20)17-10-16(22(29)24-4)7-8-19(17)27(18)14(3)28/h6-10,12-13,18,21H,5H2,1-4H3,(H,24,29)(H,25,26)/t13-,18-,21?/m0/s1. The van der Waals surface area contributed by atoms with Crippen LogP contribution in [0.15, 0.2) is 36.5 Å². The summed E-state index contributed by atoms with van der Waals surface area (Å²) in [5.41, 5.74) is 2.71. The second kappa shape index (κ2) is 8.31. The molecule has 0 aliphatic carbocycles. The van der Waals surface area contributed by atoms with Crippen molar-refractivity contribution >= 4 is 23.3 Å². The highest BCUT2D eigenvalue weighted by molar-refractivity contribution is 5.97. The Morgan fingerprint density at radius 3 is 2.59 bits per heavy atom. The summed E-state index contributed by atoms with van der Waals surface area (Å²) < 4.78 is 0. The van der Waals surface area contributed by atoms with Crippen molar-refractivity contribution in [1.29, 1.82) is 5.26 Å². The number of fused-ring (bicyclic) bond motifs is 1. The molecule has 1 aliphatic rings. The van der Waals surface area contributed by atoms with Gasteiger partial charge >= 0.3 is 0 Å². The lowest BCUT2D eigenvalue weighted by molar-refractivity contribution is -0.117. The van der Waals surface area contributed by atoms with Crippen LogP contribution in [-0.4, -0.2) is 29.9 Å². The van der Waals surface area contributed by atoms with Crippen molar-refractivity contribution in [3.63, 3.8) is 0 Å². The topological polar surface area (TPSA) is 98.1 Å². The Hall–Kier alpha value is -3.40. The molecule has 1 aromatic heterocycles. The normalized spacial score (nSPS) is 20.4. The van der Waals surface area contributed by atoms with Crippen LogP contribution in [0, 0.1) is 17.2 Å². The number of hydrogen-bond donors (Lipinski definition) is 2. The largest absolute Gasteiger partial charge is 0.363 e. The summed E-state index contributed by atoms with van der Waals surface area (Å²) in [5.74, 6) is 0.521. The molecule has 0 bridgehead atoms. The molecule has 1 unspecified atom stereocenters. The first-order valence-corrected chi connectivity index (χ1v) is 9.69. The maximum absolute atomic E-state index is 12.5. The molecule has 2 heterocycles. The number of pyridine rings is 1. The van der Waals surface area contributed by atoms with Gasteiger partial charge in [0.2, 0.25) is 5.91 Å². The number of anilines is 2. The highest BCUT2D eigenvalue weighted by atomic mass is 16.2. The number of amides is 2. The van der Waals surface area contributed by atoms with Crippen LogP contribution in [0.2, 0.25) is 0 Å². The molecule has 150 valence electrons. The van der Waals surface area contributed by atoms with Gasteiger partial charge in [-0.15, -0.1) is 0 Å². The van der Waals surface area contributed by atoms with Gasteiger partial charge in [-0.1, -0.05) is 13.8 Å². The minimum Gasteiger partial charge on any atom is -0.363 e. The van der Waals surface area contributed by atoms with Crippen LogP contribution in [0.4, 0.5) is 11.5 Å². The van der Waals surface area contributed by atoms with Crippen LogP contribution < -0.4 is 15.5 Å². The number of benzene rings is 1. The second-order valence-electron chi connectivity index (χ2n) is 7.24. The summed E-state index contributed by atoms with van der Waals surface area (Å²) in [4.78, 5) is 30.8. The number of hydrogen-bond acceptors (Lipinski definition) is 5. The van der Waals surface area contributed by atoms with Gasteiger partial charge in [-0.25, -0.2) is 4.98 Å². The summed E-state index contributed by atoms with van der Waals surface area (Å²) in [6.45, 7) is 5.74. The average molecular weight is 391 g/mol. The molecule has 2 aromatic rings. The van der Waals surface area contributed by atoms with E-state index in [1.807, 2.05) is 17.0 Å². The maximum atomic E-state index is 12.5. The van der Waals surface area contributed by atoms with Gasteiger partial charge in [0.1, 0.15) is 11.9 Å². The highest BCUT2D eigenvalue weighted by Gasteiger charge is 2.40. The number of aromatic nitrogens is 1. The highest BCUT2D eigenvalue weighted by Crippen LogP contribution is 2.43. The van der Waals surface area contributed by atoms with Crippen molar-refractivity contribution in [2.45, 2.75) is 39.3 Å². The molecule has 2 amide bonds. The lowest BCUT2D eigenvalue weighted by atomic mass is 9.80. The summed E-state index contributed by atoms with van der Waals surface area (Å²) >= 11 is 0. The molecule has 1 aliphatic heterocycles. The fourth-order valence-electron chi connectivity index (χ4n) is 4.10. The number of carbonyl (C=O) groups excluding carboxylic acids is 2. The lowest BCUT2D eigenvalue weighted by Crippen LogP contribution is -2.49. The van der Waals surface area contributed by atoms with E-state index in [1.54, 1.807) is 32.2 Å². The Morgan fingerprint density at radius 1 is 1.28 bits per heavy atom. The number of nitrogens with one attached hydrogen (secondary N) is 2. The summed E-state index contributed by atoms with van der Waals surface area (Å²) in [6, 6.07) is 10.8. The molecule has 1 aromatic carbocycles. The summed E-state index contributed by atoms with van der Waals surface area (Å²) in [7, 11) is 1.59. The van der Waals surface area contributed by atoms with Crippen LogP contribution in [-0.2, 0) is 4.79 Å². The first-order chi connectivity index (χ1) is 13.9. The molecule has 2 N–H and O–H groups in total. The van der Waals surface area contributed by atoms with Crippen LogP contribution in [0.1, 0.15) is 54.7 Å². The van der Waals surface area contributed by atoms with E-state index < -0.39 is 0 Å². The first kappa shape index (κ1) is 20.3. The molecule has 0 saturated carbocycles.